The first-order valence-electron chi connectivity index (χ1n) is 10.8. The molecule has 0 heterocycles. The molecule has 4 aromatic rings. The van der Waals surface area contributed by atoms with E-state index in [1.807, 2.05) is 84.9 Å². The van der Waals surface area contributed by atoms with Crippen LogP contribution in [0.25, 0.3) is 21.9 Å². The Bertz CT molecular complexity index is 1240. The van der Waals surface area contributed by atoms with E-state index in [2.05, 4.69) is 17.4 Å². The molecule has 0 saturated heterocycles. The molecule has 1 amide bonds. The molecule has 5 nitrogen and oxygen atoms in total. The van der Waals surface area contributed by atoms with E-state index in [4.69, 9.17) is 9.47 Å². The van der Waals surface area contributed by atoms with Gasteiger partial charge in [-0.3, -0.25) is 0 Å². The zero-order valence-corrected chi connectivity index (χ0v) is 18.4. The van der Waals surface area contributed by atoms with Gasteiger partial charge in [-0.25, -0.2) is 9.59 Å². The number of ether oxygens (including phenoxy) is 2. The summed E-state index contributed by atoms with van der Waals surface area (Å²) in [6.07, 6.45) is -0.404. The van der Waals surface area contributed by atoms with Crippen molar-refractivity contribution >= 4 is 22.8 Å². The van der Waals surface area contributed by atoms with Crippen LogP contribution >= 0.6 is 0 Å². The molecule has 4 aromatic carbocycles. The summed E-state index contributed by atoms with van der Waals surface area (Å²) in [6.45, 7) is 0.117. The van der Waals surface area contributed by atoms with Gasteiger partial charge in [-0.05, 0) is 33.0 Å². The van der Waals surface area contributed by atoms with E-state index in [0.717, 1.165) is 33.0 Å². The molecule has 0 spiro atoms. The molecule has 166 valence electrons. The van der Waals surface area contributed by atoms with Gasteiger partial charge in [-0.1, -0.05) is 97.1 Å². The highest BCUT2D eigenvalue weighted by molar-refractivity contribution is 5.98. The molecule has 5 heteroatoms. The number of alkyl carbamates (subject to hydrolysis) is 1. The lowest BCUT2D eigenvalue weighted by molar-refractivity contribution is -0.143. The van der Waals surface area contributed by atoms with Gasteiger partial charge in [-0.15, -0.1) is 0 Å². The molecule has 1 N–H and O–H groups in total. The predicted octanol–water partition coefficient (Wildman–Crippen LogP) is 5.52. The third-order valence-electron chi connectivity index (χ3n) is 5.49. The van der Waals surface area contributed by atoms with Crippen LogP contribution in [0.15, 0.2) is 97.1 Å². The molecule has 0 fully saturated rings. The minimum atomic E-state index is -0.887. The van der Waals surface area contributed by atoms with Gasteiger partial charge in [-0.2, -0.15) is 0 Å². The third-order valence-corrected chi connectivity index (χ3v) is 5.49. The highest BCUT2D eigenvalue weighted by Gasteiger charge is 2.24. The Balaban J connectivity index is 1.61. The molecule has 0 saturated carbocycles. The number of methoxy groups -OCH3 is 1. The van der Waals surface area contributed by atoms with E-state index in [0.29, 0.717) is 0 Å². The van der Waals surface area contributed by atoms with Crippen molar-refractivity contribution in [2.75, 3.05) is 7.11 Å². The number of amides is 1. The lowest BCUT2D eigenvalue weighted by Crippen LogP contribution is -2.43. The molecular weight excluding hydrogens is 414 g/mol. The summed E-state index contributed by atoms with van der Waals surface area (Å²) in [5.74, 6) is -0.529. The fourth-order valence-electron chi connectivity index (χ4n) is 3.90. The normalized spacial score (nSPS) is 11.5. The van der Waals surface area contributed by atoms with Gasteiger partial charge in [0.05, 0.1) is 7.11 Å². The van der Waals surface area contributed by atoms with Crippen LogP contribution in [0.4, 0.5) is 4.79 Å². The van der Waals surface area contributed by atoms with Crippen molar-refractivity contribution < 1.29 is 19.1 Å². The lowest BCUT2D eigenvalue weighted by atomic mass is 9.90. The van der Waals surface area contributed by atoms with Gasteiger partial charge in [0.25, 0.3) is 0 Å². The highest BCUT2D eigenvalue weighted by Crippen LogP contribution is 2.33. The Morgan fingerprint density at radius 1 is 0.818 bits per heavy atom. The Morgan fingerprint density at radius 3 is 2.21 bits per heavy atom. The van der Waals surface area contributed by atoms with Crippen molar-refractivity contribution in [1.82, 2.24) is 5.32 Å². The smallest absolute Gasteiger partial charge is 0.408 e. The van der Waals surface area contributed by atoms with Gasteiger partial charge < -0.3 is 14.8 Å². The highest BCUT2D eigenvalue weighted by atomic mass is 16.6. The molecule has 1 atom stereocenters. The summed E-state index contributed by atoms with van der Waals surface area (Å²) in [5, 5.41) is 4.86. The maximum atomic E-state index is 12.5. The minimum Gasteiger partial charge on any atom is -0.467 e. The predicted molar refractivity (Wildman–Crippen MR) is 129 cm³/mol. The average molecular weight is 440 g/mol. The van der Waals surface area contributed by atoms with Crippen LogP contribution in [-0.2, 0) is 27.3 Å². The van der Waals surface area contributed by atoms with Crippen LogP contribution in [0.2, 0.25) is 0 Å². The Morgan fingerprint density at radius 2 is 1.48 bits per heavy atom. The van der Waals surface area contributed by atoms with E-state index in [1.54, 1.807) is 0 Å². The van der Waals surface area contributed by atoms with Gasteiger partial charge in [0.1, 0.15) is 12.6 Å². The fourth-order valence-corrected chi connectivity index (χ4v) is 3.90. The number of hydrogen-bond acceptors (Lipinski definition) is 4. The van der Waals surface area contributed by atoms with E-state index >= 15 is 0 Å². The van der Waals surface area contributed by atoms with Crippen LogP contribution in [0.3, 0.4) is 0 Å². The molecule has 0 aliphatic heterocycles. The van der Waals surface area contributed by atoms with Crippen molar-refractivity contribution in [3.05, 3.63) is 108 Å². The van der Waals surface area contributed by atoms with Crippen LogP contribution in [-0.4, -0.2) is 25.2 Å². The zero-order valence-electron chi connectivity index (χ0n) is 18.4. The summed E-state index contributed by atoms with van der Waals surface area (Å²) in [5.41, 5.74) is 3.86. The average Bonchev–Trinajstić information content (AvgIpc) is 2.87. The molecule has 0 aromatic heterocycles. The van der Waals surface area contributed by atoms with Crippen molar-refractivity contribution in [2.45, 2.75) is 19.1 Å². The zero-order chi connectivity index (χ0) is 23.0. The van der Waals surface area contributed by atoms with Gasteiger partial charge >= 0.3 is 12.1 Å². The number of nitrogens with one attached hydrogen (secondary N) is 1. The SMILES string of the molecule is COC(=O)[C@@H](Cc1ccc2ccccc2c1-c1ccccc1)NC(=O)OCc1ccccc1. The van der Waals surface area contributed by atoms with Gasteiger partial charge in [0, 0.05) is 6.42 Å². The lowest BCUT2D eigenvalue weighted by Gasteiger charge is -2.20. The molecular formula is C28H25NO4. The monoisotopic (exact) mass is 439 g/mol. The number of carbonyl (C=O) groups is 2. The Labute approximate surface area is 193 Å². The third kappa shape index (κ3) is 5.39. The molecule has 0 radical (unpaired) electrons. The first-order chi connectivity index (χ1) is 16.2. The second-order valence-corrected chi connectivity index (χ2v) is 7.67. The van der Waals surface area contributed by atoms with E-state index in [9.17, 15) is 9.59 Å². The second-order valence-electron chi connectivity index (χ2n) is 7.67. The maximum absolute atomic E-state index is 12.5. The first kappa shape index (κ1) is 22.1. The van der Waals surface area contributed by atoms with Gasteiger partial charge in [0.15, 0.2) is 0 Å². The van der Waals surface area contributed by atoms with Crippen molar-refractivity contribution in [3.63, 3.8) is 0 Å². The van der Waals surface area contributed by atoms with Crippen molar-refractivity contribution in [1.29, 1.82) is 0 Å². The number of esters is 1. The Hall–Kier alpha value is -4.12. The molecule has 0 aliphatic rings. The number of fused-ring (bicyclic) bond motifs is 1. The Kier molecular flexibility index (Phi) is 7.00. The molecule has 0 aliphatic carbocycles. The standard InChI is InChI=1S/C28H25NO4/c1-32-27(30)25(29-28(31)33-19-20-10-4-2-5-11-20)18-23-17-16-21-12-8-9-15-24(21)26(23)22-13-6-3-7-14-22/h2-17,25H,18-19H2,1H3,(H,29,31)/t25-/m1/s1. The van der Waals surface area contributed by atoms with Crippen molar-refractivity contribution in [2.24, 2.45) is 0 Å². The van der Waals surface area contributed by atoms with E-state index in [-0.39, 0.29) is 13.0 Å². The largest absolute Gasteiger partial charge is 0.467 e. The molecule has 0 bridgehead atoms. The second kappa shape index (κ2) is 10.5. The summed E-state index contributed by atoms with van der Waals surface area (Å²) in [4.78, 5) is 25.0. The molecule has 4 rings (SSSR count). The summed E-state index contributed by atoms with van der Waals surface area (Å²) in [6, 6.07) is 30.6. The molecule has 33 heavy (non-hydrogen) atoms. The number of carbonyl (C=O) groups excluding carboxylic acids is 2. The van der Waals surface area contributed by atoms with Crippen LogP contribution in [0, 0.1) is 0 Å². The van der Waals surface area contributed by atoms with Gasteiger partial charge in [0.2, 0.25) is 0 Å². The van der Waals surface area contributed by atoms with E-state index < -0.39 is 18.1 Å². The maximum Gasteiger partial charge on any atom is 0.408 e. The summed E-state index contributed by atoms with van der Waals surface area (Å²) < 4.78 is 10.3. The van der Waals surface area contributed by atoms with Crippen LogP contribution in [0.5, 0.6) is 0 Å². The van der Waals surface area contributed by atoms with Crippen molar-refractivity contribution in [3.8, 4) is 11.1 Å². The number of benzene rings is 4. The van der Waals surface area contributed by atoms with Crippen LogP contribution < -0.4 is 5.32 Å². The first-order valence-corrected chi connectivity index (χ1v) is 10.8. The minimum absolute atomic E-state index is 0.117. The van der Waals surface area contributed by atoms with Crippen LogP contribution in [0.1, 0.15) is 11.1 Å². The fraction of sp³-hybridized carbons (Fsp3) is 0.143. The van der Waals surface area contributed by atoms with E-state index in [1.165, 1.54) is 7.11 Å². The quantitative estimate of drug-likeness (QED) is 0.385. The molecule has 0 unspecified atom stereocenters. The summed E-state index contributed by atoms with van der Waals surface area (Å²) >= 11 is 0. The summed E-state index contributed by atoms with van der Waals surface area (Å²) in [7, 11) is 1.31. The number of rotatable bonds is 7. The number of hydrogen-bond donors (Lipinski definition) is 1. The topological polar surface area (TPSA) is 64.6 Å².